The Labute approximate surface area is 301 Å². The van der Waals surface area contributed by atoms with Gasteiger partial charge in [0.2, 0.25) is 0 Å². The molecule has 0 radical (unpaired) electrons. The van der Waals surface area contributed by atoms with Crippen LogP contribution in [-0.4, -0.2) is 9.03 Å². The molecule has 6 aromatic carbocycles. The van der Waals surface area contributed by atoms with Crippen LogP contribution in [0.4, 0.5) is 0 Å². The molecule has 0 aliphatic rings. The number of hydrogen-bond acceptors (Lipinski definition) is 3. The Kier molecular flexibility index (Phi) is 7.27. The van der Waals surface area contributed by atoms with Gasteiger partial charge in [0.05, 0.1) is 21.8 Å². The fraction of sp³-hybridized carbons (Fsp3) is 0.191. The molecular weight excluding hydrogens is 641 g/mol. The highest BCUT2D eigenvalue weighted by Gasteiger charge is 2.24. The summed E-state index contributed by atoms with van der Waals surface area (Å²) in [5, 5.41) is 3.05. The van der Waals surface area contributed by atoms with Crippen LogP contribution in [0.2, 0.25) is 0 Å². The zero-order chi connectivity index (χ0) is 36.0. The molecule has 0 saturated carbocycles. The molecule has 0 atom stereocenters. The summed E-state index contributed by atoms with van der Waals surface area (Å²) < 4.78 is 9.41. The minimum Gasteiger partial charge on any atom is -0.456 e. The van der Waals surface area contributed by atoms with Crippen LogP contribution in [0.3, 0.4) is 0 Å². The summed E-state index contributed by atoms with van der Waals surface area (Å²) in [7, 11) is 0. The molecule has 9 aromatic rings. The Morgan fingerprint density at radius 2 is 1.06 bits per heavy atom. The Balaban J connectivity index is 1.28. The molecule has 0 aliphatic heterocycles. The number of benzene rings is 6. The Hall–Kier alpha value is -5.94. The molecule has 0 unspecified atom stereocenters. The molecule has 52 heavy (non-hydrogen) atoms. The highest BCUT2D eigenvalue weighted by Crippen LogP contribution is 2.44. The van der Waals surface area contributed by atoms with Crippen LogP contribution in [0.25, 0.3) is 77.1 Å². The lowest BCUT2D eigenvalue weighted by atomic mass is 9.81. The van der Waals surface area contributed by atoms with Crippen molar-refractivity contribution >= 4 is 43.7 Å². The first-order valence-electron chi connectivity index (χ1n) is 18.3. The Morgan fingerprint density at radius 3 is 1.65 bits per heavy atom. The topological polar surface area (TPSA) is 56.1 Å². The zero-order valence-electron chi connectivity index (χ0n) is 30.3. The lowest BCUT2D eigenvalue weighted by Crippen LogP contribution is -2.21. The SMILES string of the molecule is CC(C)c1cc(C(C)C)c(-c2ccc3c(c2)c(=O)n2c(=O)c4cc(-c5c(-c6ccccc6)ccc6oc7ccccc7c56)ccc4n32)c(C(C)C)c1. The minimum atomic E-state index is -0.322. The van der Waals surface area contributed by atoms with Crippen LogP contribution >= 0.6 is 0 Å². The maximum absolute atomic E-state index is 14.3. The van der Waals surface area contributed by atoms with Gasteiger partial charge in [0.25, 0.3) is 11.1 Å². The van der Waals surface area contributed by atoms with E-state index in [2.05, 4.69) is 90.1 Å². The summed E-state index contributed by atoms with van der Waals surface area (Å²) in [5.74, 6) is 1.02. The predicted octanol–water partition coefficient (Wildman–Crippen LogP) is 11.8. The second-order valence-electron chi connectivity index (χ2n) is 15.1. The van der Waals surface area contributed by atoms with E-state index in [-0.39, 0.29) is 11.1 Å². The average molecular weight is 681 g/mol. The standard InChI is InChI=1S/C47H40N2O3/c1-26(2)32-24-35(27(3)4)43(36(25-32)28(5)6)30-16-19-39-37(22-30)46(50)49-47(51)38-23-31(17-20-40(38)48(39)49)44-33(29-12-8-7-9-13-29)18-21-42-45(44)34-14-10-11-15-41(34)52-42/h7-28H,1-6H3. The first-order chi connectivity index (χ1) is 25.1. The number of nitrogens with zero attached hydrogens (tertiary/aromatic N) is 2. The van der Waals surface area contributed by atoms with Crippen LogP contribution < -0.4 is 11.1 Å². The van der Waals surface area contributed by atoms with E-state index in [0.717, 1.165) is 55.3 Å². The first-order valence-corrected chi connectivity index (χ1v) is 18.3. The molecule has 5 heteroatoms. The van der Waals surface area contributed by atoms with E-state index in [0.29, 0.717) is 34.0 Å². The first kappa shape index (κ1) is 32.0. The van der Waals surface area contributed by atoms with Crippen LogP contribution in [0, 0.1) is 0 Å². The maximum atomic E-state index is 14.3. The van der Waals surface area contributed by atoms with Gasteiger partial charge >= 0.3 is 0 Å². The summed E-state index contributed by atoms with van der Waals surface area (Å²) in [5.41, 5.74) is 12.5. The second kappa shape index (κ2) is 11.8. The fourth-order valence-corrected chi connectivity index (χ4v) is 8.21. The van der Waals surface area contributed by atoms with Gasteiger partial charge in [-0.05, 0) is 98.7 Å². The molecule has 0 amide bonds. The highest BCUT2D eigenvalue weighted by molar-refractivity contribution is 6.16. The molecule has 0 bridgehead atoms. The number of aromatic nitrogens is 2. The second-order valence-corrected chi connectivity index (χ2v) is 15.1. The van der Waals surface area contributed by atoms with E-state index in [1.165, 1.54) is 26.8 Å². The van der Waals surface area contributed by atoms with Crippen molar-refractivity contribution in [3.05, 3.63) is 153 Å². The van der Waals surface area contributed by atoms with Gasteiger partial charge in [0, 0.05) is 16.3 Å². The van der Waals surface area contributed by atoms with Crippen molar-refractivity contribution in [1.82, 2.24) is 9.03 Å². The summed E-state index contributed by atoms with van der Waals surface area (Å²) in [6.07, 6.45) is 0. The van der Waals surface area contributed by atoms with Crippen LogP contribution in [-0.2, 0) is 0 Å². The summed E-state index contributed by atoms with van der Waals surface area (Å²) in [4.78, 5) is 28.6. The van der Waals surface area contributed by atoms with Gasteiger partial charge in [0.15, 0.2) is 0 Å². The van der Waals surface area contributed by atoms with Gasteiger partial charge < -0.3 is 4.42 Å². The minimum absolute atomic E-state index is 0.302. The van der Waals surface area contributed by atoms with Crippen LogP contribution in [0.5, 0.6) is 0 Å². The number of para-hydroxylation sites is 1. The molecule has 0 saturated heterocycles. The zero-order valence-corrected chi connectivity index (χ0v) is 30.3. The van der Waals surface area contributed by atoms with Crippen molar-refractivity contribution in [3.63, 3.8) is 0 Å². The molecule has 9 rings (SSSR count). The van der Waals surface area contributed by atoms with Gasteiger partial charge in [-0.15, -0.1) is 0 Å². The lowest BCUT2D eigenvalue weighted by Gasteiger charge is -2.23. The van der Waals surface area contributed by atoms with Gasteiger partial charge in [-0.1, -0.05) is 120 Å². The summed E-state index contributed by atoms with van der Waals surface area (Å²) in [6.45, 7) is 13.4. The number of furan rings is 1. The van der Waals surface area contributed by atoms with E-state index >= 15 is 0 Å². The monoisotopic (exact) mass is 680 g/mol. The third kappa shape index (κ3) is 4.68. The van der Waals surface area contributed by atoms with E-state index in [4.69, 9.17) is 4.42 Å². The van der Waals surface area contributed by atoms with Crippen molar-refractivity contribution in [1.29, 1.82) is 0 Å². The van der Waals surface area contributed by atoms with Crippen molar-refractivity contribution in [3.8, 4) is 33.4 Å². The van der Waals surface area contributed by atoms with Gasteiger partial charge in [0.1, 0.15) is 11.2 Å². The van der Waals surface area contributed by atoms with Crippen LogP contribution in [0.15, 0.2) is 129 Å². The quantitative estimate of drug-likeness (QED) is 0.176. The molecule has 0 spiro atoms. The van der Waals surface area contributed by atoms with Crippen molar-refractivity contribution < 1.29 is 4.42 Å². The number of rotatable bonds is 6. The molecule has 0 fully saturated rings. The van der Waals surface area contributed by atoms with Gasteiger partial charge in [-0.2, -0.15) is 4.52 Å². The van der Waals surface area contributed by atoms with E-state index in [1.807, 2.05) is 66.7 Å². The summed E-state index contributed by atoms with van der Waals surface area (Å²) >= 11 is 0. The molecular formula is C47H40N2O3. The lowest BCUT2D eigenvalue weighted by molar-refractivity contribution is 0.669. The molecule has 3 aromatic heterocycles. The third-order valence-corrected chi connectivity index (χ3v) is 10.8. The fourth-order valence-electron chi connectivity index (χ4n) is 8.21. The molecule has 3 heterocycles. The van der Waals surface area contributed by atoms with Gasteiger partial charge in [-0.25, -0.2) is 4.52 Å². The number of fused-ring (bicyclic) bond motifs is 8. The summed E-state index contributed by atoms with van der Waals surface area (Å²) in [6, 6.07) is 39.2. The third-order valence-electron chi connectivity index (χ3n) is 10.8. The number of hydrogen-bond donors (Lipinski definition) is 0. The smallest absolute Gasteiger partial charge is 0.282 e. The normalized spacial score (nSPS) is 12.3. The highest BCUT2D eigenvalue weighted by atomic mass is 16.3. The van der Waals surface area contributed by atoms with E-state index < -0.39 is 0 Å². The molecule has 256 valence electrons. The van der Waals surface area contributed by atoms with Crippen LogP contribution in [0.1, 0.15) is 76.0 Å². The molecule has 0 N–H and O–H groups in total. The van der Waals surface area contributed by atoms with Gasteiger partial charge in [-0.3, -0.25) is 9.59 Å². The van der Waals surface area contributed by atoms with E-state index in [1.54, 1.807) is 4.52 Å². The van der Waals surface area contributed by atoms with E-state index in [9.17, 15) is 9.59 Å². The Bertz CT molecular complexity index is 2950. The molecule has 0 aliphatic carbocycles. The Morgan fingerprint density at radius 1 is 0.481 bits per heavy atom. The largest absolute Gasteiger partial charge is 0.456 e. The van der Waals surface area contributed by atoms with Crippen molar-refractivity contribution in [2.24, 2.45) is 0 Å². The maximum Gasteiger partial charge on any atom is 0.282 e. The predicted molar refractivity (Wildman–Crippen MR) is 215 cm³/mol. The van der Waals surface area contributed by atoms with Crippen molar-refractivity contribution in [2.45, 2.75) is 59.3 Å². The van der Waals surface area contributed by atoms with Crippen molar-refractivity contribution in [2.75, 3.05) is 0 Å². The average Bonchev–Trinajstić information content (AvgIpc) is 3.78. The molecule has 5 nitrogen and oxygen atoms in total.